The van der Waals surface area contributed by atoms with Gasteiger partial charge in [0.25, 0.3) is 5.91 Å². The zero-order valence-corrected chi connectivity index (χ0v) is 14.2. The molecule has 0 aliphatic carbocycles. The lowest BCUT2D eigenvalue weighted by Crippen LogP contribution is -2.13. The second-order valence-corrected chi connectivity index (χ2v) is 5.90. The summed E-state index contributed by atoms with van der Waals surface area (Å²) in [5, 5.41) is 6.73. The maximum atomic E-state index is 13.8. The highest BCUT2D eigenvalue weighted by molar-refractivity contribution is 6.08. The summed E-state index contributed by atoms with van der Waals surface area (Å²) in [6, 6.07) is 17.3. The highest BCUT2D eigenvalue weighted by atomic mass is 19.1. The number of pyridine rings is 2. The Balaban J connectivity index is 1.58. The monoisotopic (exact) mass is 358 g/mol. The number of fused-ring (bicyclic) bond motifs is 1. The molecule has 0 spiro atoms. The van der Waals surface area contributed by atoms with Crippen molar-refractivity contribution in [2.24, 2.45) is 0 Å². The SMILES string of the molecule is O=C(Nc1cccc2cccnc12)c1cncc(Nc2ccccc2F)c1. The van der Waals surface area contributed by atoms with Crippen molar-refractivity contribution in [2.75, 3.05) is 10.6 Å². The van der Waals surface area contributed by atoms with Gasteiger partial charge in [-0.1, -0.05) is 30.3 Å². The smallest absolute Gasteiger partial charge is 0.257 e. The first-order valence-corrected chi connectivity index (χ1v) is 8.32. The first-order chi connectivity index (χ1) is 13.2. The number of carbonyl (C=O) groups excluding carboxylic acids is 1. The van der Waals surface area contributed by atoms with Crippen molar-refractivity contribution in [2.45, 2.75) is 0 Å². The van der Waals surface area contributed by atoms with Crippen LogP contribution in [0.1, 0.15) is 10.4 Å². The molecule has 0 aliphatic heterocycles. The van der Waals surface area contributed by atoms with E-state index in [-0.39, 0.29) is 11.7 Å². The van der Waals surface area contributed by atoms with Gasteiger partial charge in [0, 0.05) is 17.8 Å². The quantitative estimate of drug-likeness (QED) is 0.552. The Labute approximate surface area is 154 Å². The number of amides is 1. The van der Waals surface area contributed by atoms with Crippen molar-refractivity contribution in [3.05, 3.63) is 90.6 Å². The topological polar surface area (TPSA) is 66.9 Å². The first-order valence-electron chi connectivity index (χ1n) is 8.32. The summed E-state index contributed by atoms with van der Waals surface area (Å²) in [5.41, 5.74) is 2.51. The molecule has 2 aromatic carbocycles. The van der Waals surface area contributed by atoms with Gasteiger partial charge in [-0.2, -0.15) is 0 Å². The molecule has 27 heavy (non-hydrogen) atoms. The van der Waals surface area contributed by atoms with E-state index >= 15 is 0 Å². The van der Waals surface area contributed by atoms with Crippen LogP contribution in [-0.4, -0.2) is 15.9 Å². The molecule has 0 radical (unpaired) electrons. The number of halogens is 1. The molecule has 1 amide bonds. The average Bonchev–Trinajstić information content (AvgIpc) is 2.70. The number of hydrogen-bond donors (Lipinski definition) is 2. The number of hydrogen-bond acceptors (Lipinski definition) is 4. The minimum Gasteiger partial charge on any atom is -0.352 e. The van der Waals surface area contributed by atoms with Gasteiger partial charge in [0.15, 0.2) is 0 Å². The Bertz CT molecular complexity index is 1120. The van der Waals surface area contributed by atoms with Gasteiger partial charge >= 0.3 is 0 Å². The van der Waals surface area contributed by atoms with E-state index in [1.165, 1.54) is 18.5 Å². The van der Waals surface area contributed by atoms with Crippen LogP contribution in [0.25, 0.3) is 10.9 Å². The molecular formula is C21H15FN4O. The molecule has 4 aromatic rings. The molecule has 6 heteroatoms. The Kier molecular flexibility index (Phi) is 4.45. The number of nitrogens with zero attached hydrogens (tertiary/aromatic N) is 2. The fraction of sp³-hybridized carbons (Fsp3) is 0. The molecule has 0 aliphatic rings. The molecule has 132 valence electrons. The van der Waals surface area contributed by atoms with Crippen LogP contribution in [0.2, 0.25) is 0 Å². The molecule has 2 heterocycles. The van der Waals surface area contributed by atoms with E-state index in [4.69, 9.17) is 0 Å². The Morgan fingerprint density at radius 3 is 2.63 bits per heavy atom. The van der Waals surface area contributed by atoms with Crippen LogP contribution < -0.4 is 10.6 Å². The molecule has 0 atom stereocenters. The summed E-state index contributed by atoms with van der Waals surface area (Å²) >= 11 is 0. The van der Waals surface area contributed by atoms with Crippen molar-refractivity contribution >= 4 is 33.9 Å². The van der Waals surface area contributed by atoms with Gasteiger partial charge in [-0.3, -0.25) is 14.8 Å². The zero-order chi connectivity index (χ0) is 18.6. The molecule has 0 fully saturated rings. The Hall–Kier alpha value is -3.80. The second kappa shape index (κ2) is 7.21. The number of benzene rings is 2. The minimum absolute atomic E-state index is 0.315. The molecule has 0 saturated carbocycles. The van der Waals surface area contributed by atoms with Gasteiger partial charge in [-0.15, -0.1) is 0 Å². The maximum absolute atomic E-state index is 13.8. The maximum Gasteiger partial charge on any atom is 0.257 e. The molecule has 2 aromatic heterocycles. The zero-order valence-electron chi connectivity index (χ0n) is 14.2. The van der Waals surface area contributed by atoms with Crippen LogP contribution in [0.3, 0.4) is 0 Å². The average molecular weight is 358 g/mol. The Morgan fingerprint density at radius 2 is 1.74 bits per heavy atom. The highest BCUT2D eigenvalue weighted by Gasteiger charge is 2.11. The number of carbonyl (C=O) groups is 1. The summed E-state index contributed by atoms with van der Waals surface area (Å²) in [4.78, 5) is 21.0. The van der Waals surface area contributed by atoms with Crippen LogP contribution in [-0.2, 0) is 0 Å². The van der Waals surface area contributed by atoms with Gasteiger partial charge in [0.1, 0.15) is 5.82 Å². The molecule has 2 N–H and O–H groups in total. The first kappa shape index (κ1) is 16.7. The highest BCUT2D eigenvalue weighted by Crippen LogP contribution is 2.23. The van der Waals surface area contributed by atoms with Crippen LogP contribution in [0, 0.1) is 5.82 Å². The van der Waals surface area contributed by atoms with Crippen molar-refractivity contribution in [3.63, 3.8) is 0 Å². The van der Waals surface area contributed by atoms with Gasteiger partial charge in [-0.25, -0.2) is 4.39 Å². The molecule has 0 unspecified atom stereocenters. The number of aromatic nitrogens is 2. The van der Waals surface area contributed by atoms with E-state index in [9.17, 15) is 9.18 Å². The minimum atomic E-state index is -0.380. The van der Waals surface area contributed by atoms with Crippen LogP contribution >= 0.6 is 0 Å². The molecule has 0 bridgehead atoms. The summed E-state index contributed by atoms with van der Waals surface area (Å²) < 4.78 is 13.8. The molecule has 5 nitrogen and oxygen atoms in total. The lowest BCUT2D eigenvalue weighted by atomic mass is 10.1. The van der Waals surface area contributed by atoms with Crippen LogP contribution in [0.15, 0.2) is 79.3 Å². The molecular weight excluding hydrogens is 343 g/mol. The third-order valence-corrected chi connectivity index (χ3v) is 4.03. The van der Waals surface area contributed by atoms with Gasteiger partial charge < -0.3 is 10.6 Å². The van der Waals surface area contributed by atoms with Crippen LogP contribution in [0.4, 0.5) is 21.5 Å². The predicted molar refractivity (Wildman–Crippen MR) is 104 cm³/mol. The normalized spacial score (nSPS) is 10.6. The fourth-order valence-corrected chi connectivity index (χ4v) is 2.75. The van der Waals surface area contributed by atoms with Crippen molar-refractivity contribution < 1.29 is 9.18 Å². The fourth-order valence-electron chi connectivity index (χ4n) is 2.75. The largest absolute Gasteiger partial charge is 0.352 e. The molecule has 4 rings (SSSR count). The number of rotatable bonds is 4. The van der Waals surface area contributed by atoms with Crippen molar-refractivity contribution in [1.82, 2.24) is 9.97 Å². The summed E-state index contributed by atoms with van der Waals surface area (Å²) in [7, 11) is 0. The number of para-hydroxylation sites is 2. The lowest BCUT2D eigenvalue weighted by molar-refractivity contribution is 0.102. The summed E-state index contributed by atoms with van der Waals surface area (Å²) in [6.07, 6.45) is 4.67. The van der Waals surface area contributed by atoms with E-state index in [1.807, 2.05) is 24.3 Å². The van der Waals surface area contributed by atoms with E-state index in [0.29, 0.717) is 28.1 Å². The lowest BCUT2D eigenvalue weighted by Gasteiger charge is -2.10. The van der Waals surface area contributed by atoms with E-state index in [1.54, 1.807) is 36.5 Å². The van der Waals surface area contributed by atoms with Crippen LogP contribution in [0.5, 0.6) is 0 Å². The predicted octanol–water partition coefficient (Wildman–Crippen LogP) is 4.76. The van der Waals surface area contributed by atoms with E-state index in [2.05, 4.69) is 20.6 Å². The summed E-state index contributed by atoms with van der Waals surface area (Å²) in [6.45, 7) is 0. The van der Waals surface area contributed by atoms with Gasteiger partial charge in [0.2, 0.25) is 0 Å². The van der Waals surface area contributed by atoms with Crippen molar-refractivity contribution in [3.8, 4) is 0 Å². The molecule has 0 saturated heterocycles. The third kappa shape index (κ3) is 3.59. The standard InChI is InChI=1S/C21H15FN4O/c22-17-7-1-2-8-18(17)25-16-11-15(12-23-13-16)21(27)26-19-9-3-5-14-6-4-10-24-20(14)19/h1-13,25H,(H,26,27). The number of nitrogens with one attached hydrogen (secondary N) is 2. The van der Waals surface area contributed by atoms with E-state index in [0.717, 1.165) is 5.39 Å². The van der Waals surface area contributed by atoms with Crippen molar-refractivity contribution in [1.29, 1.82) is 0 Å². The number of anilines is 3. The Morgan fingerprint density at radius 1 is 0.926 bits per heavy atom. The second-order valence-electron chi connectivity index (χ2n) is 5.90. The third-order valence-electron chi connectivity index (χ3n) is 4.03. The van der Waals surface area contributed by atoms with E-state index < -0.39 is 0 Å². The van der Waals surface area contributed by atoms with Gasteiger partial charge in [0.05, 0.1) is 34.3 Å². The summed E-state index contributed by atoms with van der Waals surface area (Å²) in [5.74, 6) is -0.702. The van der Waals surface area contributed by atoms with Gasteiger partial charge in [-0.05, 0) is 30.3 Å².